The smallest absolute Gasteiger partial charge is 0.259 e. The van der Waals surface area contributed by atoms with E-state index < -0.39 is 0 Å². The van der Waals surface area contributed by atoms with Gasteiger partial charge in [-0.2, -0.15) is 0 Å². The molecular formula is C14H20N2O3. The molecule has 5 nitrogen and oxygen atoms in total. The average Bonchev–Trinajstić information content (AvgIpc) is 2.38. The van der Waals surface area contributed by atoms with E-state index in [0.29, 0.717) is 31.1 Å². The number of hydrogen-bond acceptors (Lipinski definition) is 4. The zero-order valence-corrected chi connectivity index (χ0v) is 11.6. The Hall–Kier alpha value is -1.62. The zero-order chi connectivity index (χ0) is 13.8. The van der Waals surface area contributed by atoms with Crippen molar-refractivity contribution in [2.45, 2.75) is 33.0 Å². The molecule has 1 aliphatic heterocycles. The van der Waals surface area contributed by atoms with Crippen LogP contribution >= 0.6 is 0 Å². The van der Waals surface area contributed by atoms with Crippen LogP contribution < -0.4 is 4.74 Å². The number of aromatic nitrogens is 1. The third-order valence-corrected chi connectivity index (χ3v) is 2.99. The van der Waals surface area contributed by atoms with Crippen molar-refractivity contribution in [1.82, 2.24) is 9.88 Å². The second-order valence-electron chi connectivity index (χ2n) is 4.76. The van der Waals surface area contributed by atoms with Gasteiger partial charge in [-0.15, -0.1) is 0 Å². The molecule has 1 fully saturated rings. The first-order valence-corrected chi connectivity index (χ1v) is 6.64. The Bertz CT molecular complexity index is 440. The molecule has 0 unspecified atom stereocenters. The van der Waals surface area contributed by atoms with Crippen LogP contribution in [-0.4, -0.2) is 47.7 Å². The number of carbonyl (C=O) groups is 1. The topological polar surface area (TPSA) is 51.7 Å². The van der Waals surface area contributed by atoms with Crippen molar-refractivity contribution < 1.29 is 14.3 Å². The van der Waals surface area contributed by atoms with Crippen LogP contribution in [0.4, 0.5) is 0 Å². The normalized spacial score (nSPS) is 23.2. The molecule has 2 atom stereocenters. The molecule has 104 valence electrons. The lowest BCUT2D eigenvalue weighted by Gasteiger charge is -2.35. The molecule has 1 saturated heterocycles. The number of nitrogens with zero attached hydrogens (tertiary/aromatic N) is 2. The van der Waals surface area contributed by atoms with Crippen molar-refractivity contribution in [2.75, 3.05) is 19.7 Å². The molecule has 0 bridgehead atoms. The van der Waals surface area contributed by atoms with Crippen LogP contribution in [0.5, 0.6) is 5.88 Å². The molecular weight excluding hydrogens is 244 g/mol. The van der Waals surface area contributed by atoms with Gasteiger partial charge in [0.05, 0.1) is 18.8 Å². The molecule has 19 heavy (non-hydrogen) atoms. The Morgan fingerprint density at radius 3 is 2.79 bits per heavy atom. The first kappa shape index (κ1) is 13.8. The number of amides is 1. The van der Waals surface area contributed by atoms with Crippen LogP contribution in [0.2, 0.25) is 0 Å². The third kappa shape index (κ3) is 3.23. The maximum atomic E-state index is 12.5. The number of pyridine rings is 1. The maximum absolute atomic E-state index is 12.5. The Morgan fingerprint density at radius 2 is 2.16 bits per heavy atom. The quantitative estimate of drug-likeness (QED) is 0.834. The van der Waals surface area contributed by atoms with Gasteiger partial charge in [-0.05, 0) is 32.9 Å². The molecule has 1 amide bonds. The summed E-state index contributed by atoms with van der Waals surface area (Å²) < 4.78 is 11.1. The first-order valence-electron chi connectivity index (χ1n) is 6.64. The minimum absolute atomic E-state index is 0.0430. The molecule has 0 aliphatic carbocycles. The van der Waals surface area contributed by atoms with E-state index in [0.717, 1.165) is 0 Å². The van der Waals surface area contributed by atoms with E-state index in [1.807, 2.05) is 20.8 Å². The molecule has 2 heterocycles. The minimum atomic E-state index is -0.0430. The van der Waals surface area contributed by atoms with E-state index in [2.05, 4.69) is 4.98 Å². The highest BCUT2D eigenvalue weighted by Crippen LogP contribution is 2.19. The van der Waals surface area contributed by atoms with E-state index in [4.69, 9.17) is 9.47 Å². The second kappa shape index (κ2) is 6.02. The molecule has 1 aromatic heterocycles. The van der Waals surface area contributed by atoms with Gasteiger partial charge < -0.3 is 14.4 Å². The van der Waals surface area contributed by atoms with E-state index in [-0.39, 0.29) is 18.1 Å². The van der Waals surface area contributed by atoms with Crippen LogP contribution in [0.1, 0.15) is 31.1 Å². The molecule has 1 aliphatic rings. The van der Waals surface area contributed by atoms with Crippen molar-refractivity contribution in [3.05, 3.63) is 23.9 Å². The average molecular weight is 264 g/mol. The SMILES string of the molecule is CCOc1ncccc1C(=O)N1C[C@H](C)O[C@@H](C)C1. The largest absolute Gasteiger partial charge is 0.477 e. The van der Waals surface area contributed by atoms with Crippen LogP contribution in [0, 0.1) is 0 Å². The monoisotopic (exact) mass is 264 g/mol. The summed E-state index contributed by atoms with van der Waals surface area (Å²) in [6.07, 6.45) is 1.74. The molecule has 0 spiro atoms. The first-order chi connectivity index (χ1) is 9.11. The summed E-state index contributed by atoms with van der Waals surface area (Å²) in [5.41, 5.74) is 0.519. The van der Waals surface area contributed by atoms with Crippen LogP contribution in [0.25, 0.3) is 0 Å². The highest BCUT2D eigenvalue weighted by molar-refractivity contribution is 5.96. The summed E-state index contributed by atoms with van der Waals surface area (Å²) in [5, 5.41) is 0. The van der Waals surface area contributed by atoms with Crippen LogP contribution in [0.15, 0.2) is 18.3 Å². The summed E-state index contributed by atoms with van der Waals surface area (Å²) >= 11 is 0. The van der Waals surface area contributed by atoms with Gasteiger partial charge in [0.15, 0.2) is 0 Å². The fraction of sp³-hybridized carbons (Fsp3) is 0.571. The predicted molar refractivity (Wildman–Crippen MR) is 71.3 cm³/mol. The Balaban J connectivity index is 2.19. The molecule has 0 saturated carbocycles. The maximum Gasteiger partial charge on any atom is 0.259 e. The molecule has 2 rings (SSSR count). The molecule has 0 N–H and O–H groups in total. The highest BCUT2D eigenvalue weighted by atomic mass is 16.5. The third-order valence-electron chi connectivity index (χ3n) is 2.99. The molecule has 0 radical (unpaired) electrons. The summed E-state index contributed by atoms with van der Waals surface area (Å²) in [6, 6.07) is 3.51. The molecule has 0 aromatic carbocycles. The lowest BCUT2D eigenvalue weighted by Crippen LogP contribution is -2.48. The van der Waals surface area contributed by atoms with Gasteiger partial charge in [-0.25, -0.2) is 4.98 Å². The number of hydrogen-bond donors (Lipinski definition) is 0. The van der Waals surface area contributed by atoms with Gasteiger partial charge in [0.2, 0.25) is 5.88 Å². The van der Waals surface area contributed by atoms with Gasteiger partial charge in [-0.1, -0.05) is 0 Å². The second-order valence-corrected chi connectivity index (χ2v) is 4.76. The fourth-order valence-corrected chi connectivity index (χ4v) is 2.32. The summed E-state index contributed by atoms with van der Waals surface area (Å²) in [6.45, 7) is 7.52. The lowest BCUT2D eigenvalue weighted by molar-refractivity contribution is -0.0587. The number of ether oxygens (including phenoxy) is 2. The standard InChI is InChI=1S/C14H20N2O3/c1-4-18-13-12(6-5-7-15-13)14(17)16-8-10(2)19-11(3)9-16/h5-7,10-11H,4,8-9H2,1-3H3/t10-,11-/m0/s1. The van der Waals surface area contributed by atoms with Crippen molar-refractivity contribution >= 4 is 5.91 Å². The molecule has 1 aromatic rings. The van der Waals surface area contributed by atoms with Gasteiger partial charge in [0, 0.05) is 19.3 Å². The van der Waals surface area contributed by atoms with Crippen molar-refractivity contribution in [1.29, 1.82) is 0 Å². The highest BCUT2D eigenvalue weighted by Gasteiger charge is 2.28. The van der Waals surface area contributed by atoms with Crippen LogP contribution in [-0.2, 0) is 4.74 Å². The summed E-state index contributed by atoms with van der Waals surface area (Å²) in [5.74, 6) is 0.361. The Kier molecular flexibility index (Phi) is 4.37. The van der Waals surface area contributed by atoms with Crippen LogP contribution in [0.3, 0.4) is 0 Å². The van der Waals surface area contributed by atoms with Gasteiger partial charge in [0.1, 0.15) is 5.56 Å². The summed E-state index contributed by atoms with van der Waals surface area (Å²) in [7, 11) is 0. The van der Waals surface area contributed by atoms with E-state index in [1.165, 1.54) is 0 Å². The Labute approximate surface area is 113 Å². The van der Waals surface area contributed by atoms with E-state index in [1.54, 1.807) is 23.2 Å². The van der Waals surface area contributed by atoms with Crippen molar-refractivity contribution in [3.63, 3.8) is 0 Å². The number of rotatable bonds is 3. The van der Waals surface area contributed by atoms with Crippen molar-refractivity contribution in [3.8, 4) is 5.88 Å². The van der Waals surface area contributed by atoms with Gasteiger partial charge >= 0.3 is 0 Å². The predicted octanol–water partition coefficient (Wildman–Crippen LogP) is 1.73. The number of carbonyl (C=O) groups excluding carboxylic acids is 1. The fourth-order valence-electron chi connectivity index (χ4n) is 2.32. The minimum Gasteiger partial charge on any atom is -0.477 e. The Morgan fingerprint density at radius 1 is 1.47 bits per heavy atom. The van der Waals surface area contributed by atoms with E-state index in [9.17, 15) is 4.79 Å². The lowest BCUT2D eigenvalue weighted by atomic mass is 10.2. The van der Waals surface area contributed by atoms with E-state index >= 15 is 0 Å². The van der Waals surface area contributed by atoms with Gasteiger partial charge in [0.25, 0.3) is 5.91 Å². The van der Waals surface area contributed by atoms with Crippen molar-refractivity contribution in [2.24, 2.45) is 0 Å². The van der Waals surface area contributed by atoms with Gasteiger partial charge in [-0.3, -0.25) is 4.79 Å². The zero-order valence-electron chi connectivity index (χ0n) is 11.6. The molecule has 5 heteroatoms. The number of morpholine rings is 1. The summed E-state index contributed by atoms with van der Waals surface area (Å²) in [4.78, 5) is 18.5.